The van der Waals surface area contributed by atoms with Crippen molar-refractivity contribution in [2.45, 2.75) is 59.4 Å². The van der Waals surface area contributed by atoms with E-state index in [-0.39, 0.29) is 18.7 Å². The number of carbonyl (C=O) groups is 3. The molecule has 0 radical (unpaired) electrons. The van der Waals surface area contributed by atoms with E-state index in [0.29, 0.717) is 5.56 Å². The van der Waals surface area contributed by atoms with Crippen LogP contribution in [0.2, 0.25) is 0 Å². The van der Waals surface area contributed by atoms with E-state index in [1.165, 1.54) is 31.4 Å². The fourth-order valence-electron chi connectivity index (χ4n) is 1.62. The molecule has 0 saturated heterocycles. The minimum atomic E-state index is -1.18. The Hall–Kier alpha value is -2.61. The summed E-state index contributed by atoms with van der Waals surface area (Å²) in [6.45, 7) is 7.79. The molecule has 0 aliphatic rings. The number of carboxylic acid groups (broad SMARTS) is 1. The number of carbonyl (C=O) groups excluding carboxylic acids is 2. The van der Waals surface area contributed by atoms with E-state index in [1.807, 2.05) is 0 Å². The first-order valence-corrected chi connectivity index (χ1v) is 9.52. The van der Waals surface area contributed by atoms with Crippen molar-refractivity contribution in [3.63, 3.8) is 0 Å². The predicted molar refractivity (Wildman–Crippen MR) is 110 cm³/mol. The van der Waals surface area contributed by atoms with Gasteiger partial charge in [0, 0.05) is 6.42 Å². The lowest BCUT2D eigenvalue weighted by Gasteiger charge is -2.17. The van der Waals surface area contributed by atoms with Gasteiger partial charge < -0.3 is 26.6 Å². The molecule has 1 aromatic rings. The van der Waals surface area contributed by atoms with Gasteiger partial charge >= 0.3 is 5.97 Å². The zero-order valence-corrected chi connectivity index (χ0v) is 17.3. The fourth-order valence-corrected chi connectivity index (χ4v) is 1.62. The molecule has 6 N–H and O–H groups in total. The number of hydrogen-bond acceptors (Lipinski definition) is 5. The van der Waals surface area contributed by atoms with Crippen molar-refractivity contribution < 1.29 is 24.6 Å². The topological polar surface area (TPSA) is 142 Å². The highest BCUT2D eigenvalue weighted by molar-refractivity contribution is 5.90. The van der Waals surface area contributed by atoms with Crippen LogP contribution in [-0.4, -0.2) is 47.1 Å². The van der Waals surface area contributed by atoms with Crippen LogP contribution < -0.4 is 16.4 Å². The van der Waals surface area contributed by atoms with Crippen molar-refractivity contribution in [1.29, 1.82) is 0 Å². The van der Waals surface area contributed by atoms with Gasteiger partial charge in [-0.3, -0.25) is 14.4 Å². The van der Waals surface area contributed by atoms with Crippen molar-refractivity contribution >= 4 is 17.8 Å². The molecule has 0 aromatic heterocycles. The lowest BCUT2D eigenvalue weighted by Crippen LogP contribution is -2.50. The highest BCUT2D eigenvalue weighted by Gasteiger charge is 2.21. The molecule has 0 aliphatic heterocycles. The van der Waals surface area contributed by atoms with Crippen LogP contribution in [0.15, 0.2) is 24.3 Å². The molecule has 1 unspecified atom stereocenters. The Labute approximate surface area is 167 Å². The first-order valence-electron chi connectivity index (χ1n) is 9.52. The van der Waals surface area contributed by atoms with Crippen LogP contribution in [0.25, 0.3) is 0 Å². The fraction of sp³-hybridized carbons (Fsp3) is 0.550. The lowest BCUT2D eigenvalue weighted by molar-refractivity contribution is -0.138. The second-order valence-corrected chi connectivity index (χ2v) is 6.01. The van der Waals surface area contributed by atoms with Crippen LogP contribution in [0.5, 0.6) is 5.75 Å². The van der Waals surface area contributed by atoms with Crippen LogP contribution in [0.1, 0.15) is 52.5 Å². The molecule has 0 spiro atoms. The van der Waals surface area contributed by atoms with Gasteiger partial charge in [0.1, 0.15) is 18.3 Å². The third kappa shape index (κ3) is 15.6. The molecule has 1 aromatic carbocycles. The van der Waals surface area contributed by atoms with Gasteiger partial charge in [0.05, 0.1) is 6.54 Å². The number of benzene rings is 1. The smallest absolute Gasteiger partial charge is 0.322 e. The number of phenolic OH excluding ortho intramolecular Hbond substituents is 1. The van der Waals surface area contributed by atoms with Gasteiger partial charge in [-0.25, -0.2) is 0 Å². The number of amides is 2. The highest BCUT2D eigenvalue weighted by atomic mass is 16.4. The Balaban J connectivity index is 0. The Morgan fingerprint density at radius 1 is 1.04 bits per heavy atom. The van der Waals surface area contributed by atoms with Crippen LogP contribution >= 0.6 is 0 Å². The van der Waals surface area contributed by atoms with Crippen LogP contribution in [0, 0.1) is 0 Å². The van der Waals surface area contributed by atoms with Crippen LogP contribution in [-0.2, 0) is 20.8 Å². The van der Waals surface area contributed by atoms with Crippen molar-refractivity contribution in [1.82, 2.24) is 10.6 Å². The molecule has 1 rings (SSSR count). The van der Waals surface area contributed by atoms with Crippen molar-refractivity contribution in [2.24, 2.45) is 5.73 Å². The number of unbranched alkanes of at least 4 members (excludes halogenated alkanes) is 1. The van der Waals surface area contributed by atoms with Crippen LogP contribution in [0.3, 0.4) is 0 Å². The normalized spacial score (nSPS) is 10.3. The minimum absolute atomic E-state index is 0.0802. The number of phenols is 1. The average molecular weight is 398 g/mol. The van der Waals surface area contributed by atoms with Gasteiger partial charge in [-0.1, -0.05) is 59.1 Å². The van der Waals surface area contributed by atoms with E-state index < -0.39 is 30.4 Å². The molecule has 8 heteroatoms. The highest BCUT2D eigenvalue weighted by Crippen LogP contribution is 2.11. The summed E-state index contributed by atoms with van der Waals surface area (Å²) < 4.78 is 0. The lowest BCUT2D eigenvalue weighted by atomic mass is 10.0. The van der Waals surface area contributed by atoms with Gasteiger partial charge in [-0.15, -0.1) is 0 Å². The molecule has 160 valence electrons. The number of nitrogens with one attached hydrogen (secondary N) is 2. The number of nitrogens with two attached hydrogens (primary N) is 1. The van der Waals surface area contributed by atoms with Gasteiger partial charge in [-0.05, 0) is 17.7 Å². The quantitative estimate of drug-likeness (QED) is 0.453. The van der Waals surface area contributed by atoms with E-state index >= 15 is 0 Å². The van der Waals surface area contributed by atoms with Crippen molar-refractivity contribution in [3.8, 4) is 5.75 Å². The maximum Gasteiger partial charge on any atom is 0.322 e. The Morgan fingerprint density at radius 2 is 1.54 bits per heavy atom. The molecule has 2 amide bonds. The van der Waals surface area contributed by atoms with E-state index in [1.54, 1.807) is 12.1 Å². The Bertz CT molecular complexity index is 559. The Kier molecular flexibility index (Phi) is 17.5. The summed E-state index contributed by atoms with van der Waals surface area (Å²) >= 11 is 0. The number of hydrogen-bond donors (Lipinski definition) is 5. The molecule has 0 heterocycles. The van der Waals surface area contributed by atoms with E-state index in [9.17, 15) is 19.5 Å². The summed E-state index contributed by atoms with van der Waals surface area (Å²) in [4.78, 5) is 33.7. The molecule has 0 aliphatic carbocycles. The first-order chi connectivity index (χ1) is 13.2. The summed E-state index contributed by atoms with van der Waals surface area (Å²) in [5.41, 5.74) is 5.88. The van der Waals surface area contributed by atoms with Gasteiger partial charge in [-0.2, -0.15) is 0 Å². The number of carboxylic acids is 1. The van der Waals surface area contributed by atoms with E-state index in [2.05, 4.69) is 38.3 Å². The van der Waals surface area contributed by atoms with E-state index in [0.717, 1.165) is 0 Å². The third-order valence-electron chi connectivity index (χ3n) is 3.13. The molecular weight excluding hydrogens is 362 g/mol. The first kappa shape index (κ1) is 27.6. The number of aromatic hydroxyl groups is 1. The zero-order valence-electron chi connectivity index (χ0n) is 17.3. The minimum Gasteiger partial charge on any atom is -0.508 e. The maximum absolute atomic E-state index is 11.9. The summed E-state index contributed by atoms with van der Waals surface area (Å²) in [5, 5.41) is 22.4. The molecule has 28 heavy (non-hydrogen) atoms. The zero-order chi connectivity index (χ0) is 21.9. The summed E-state index contributed by atoms with van der Waals surface area (Å²) in [7, 11) is 0. The second-order valence-electron chi connectivity index (χ2n) is 6.01. The second kappa shape index (κ2) is 17.8. The summed E-state index contributed by atoms with van der Waals surface area (Å²) in [5.74, 6) is -2.25. The standard InChI is InChI=1S/C13H17N3O5.C4H10.C3H8/c14-6-11(18)16-10(13(21)15-7-12(19)20)5-8-1-3-9(17)4-2-8;1-3-4-2;1-3-2/h1-4,10,17H,5-7,14H2,(H,15,21)(H,16,18)(H,19,20);3-4H2,1-2H3;3H2,1-2H3. The molecule has 1 atom stereocenters. The molecule has 0 saturated carbocycles. The largest absolute Gasteiger partial charge is 0.508 e. The van der Waals surface area contributed by atoms with Crippen molar-refractivity contribution in [3.05, 3.63) is 29.8 Å². The summed E-state index contributed by atoms with van der Waals surface area (Å²) in [6.07, 6.45) is 4.04. The predicted octanol–water partition coefficient (Wildman–Crippen LogP) is 1.80. The molecule has 8 nitrogen and oxygen atoms in total. The molecule has 0 bridgehead atoms. The van der Waals surface area contributed by atoms with Gasteiger partial charge in [0.2, 0.25) is 11.8 Å². The maximum atomic E-state index is 11.9. The molecule has 0 fully saturated rings. The van der Waals surface area contributed by atoms with Gasteiger partial charge in [0.25, 0.3) is 0 Å². The average Bonchev–Trinajstić information content (AvgIpc) is 2.67. The summed E-state index contributed by atoms with van der Waals surface area (Å²) in [6, 6.07) is 5.16. The Morgan fingerprint density at radius 3 is 1.93 bits per heavy atom. The monoisotopic (exact) mass is 397 g/mol. The van der Waals surface area contributed by atoms with Crippen LogP contribution in [0.4, 0.5) is 0 Å². The SMILES string of the molecule is CCC.CCCC.NCC(=O)NC(Cc1ccc(O)cc1)C(=O)NCC(=O)O. The molecular formula is C20H35N3O5. The van der Waals surface area contributed by atoms with E-state index in [4.69, 9.17) is 10.8 Å². The third-order valence-corrected chi connectivity index (χ3v) is 3.13. The number of rotatable bonds is 8. The van der Waals surface area contributed by atoms with Gasteiger partial charge in [0.15, 0.2) is 0 Å². The number of aliphatic carboxylic acids is 1. The van der Waals surface area contributed by atoms with Crippen molar-refractivity contribution in [2.75, 3.05) is 13.1 Å².